The fourth-order valence-electron chi connectivity index (χ4n) is 4.06. The summed E-state index contributed by atoms with van der Waals surface area (Å²) in [6, 6.07) is 8.65. The van der Waals surface area contributed by atoms with Crippen molar-refractivity contribution < 1.29 is 145 Å². The van der Waals surface area contributed by atoms with Crippen LogP contribution in [0.3, 0.4) is 0 Å². The number of nitrogens with zero attached hydrogens (tertiary/aromatic N) is 2. The molecule has 1 saturated carbocycles. The Kier molecular flexibility index (Phi) is 32.4. The molecule has 2 aliphatic rings. The molecule has 0 spiro atoms. The summed E-state index contributed by atoms with van der Waals surface area (Å²) < 4.78 is 11.0. The van der Waals surface area contributed by atoms with Crippen molar-refractivity contribution in [1.82, 2.24) is 20.5 Å². The zero-order chi connectivity index (χ0) is 26.9. The molecule has 0 radical (unpaired) electrons. The van der Waals surface area contributed by atoms with E-state index >= 15 is 0 Å². The number of carbonyl (C=O) groups excluding carboxylic acids is 2. The molecule has 2 aromatic rings. The maximum Gasteiger partial charge on any atom is 0.407 e. The van der Waals surface area contributed by atoms with Crippen LogP contribution in [0.15, 0.2) is 48.8 Å². The number of ether oxygens (including phenoxy) is 2. The van der Waals surface area contributed by atoms with E-state index in [1.807, 2.05) is 58.0 Å². The van der Waals surface area contributed by atoms with Crippen LogP contribution in [0.25, 0.3) is 10.9 Å². The molecule has 2 N–H and O–H groups in total. The molecule has 1 aliphatic heterocycles. The van der Waals surface area contributed by atoms with E-state index in [1.54, 1.807) is 18.0 Å². The first-order chi connectivity index (χ1) is 17.3. The summed E-state index contributed by atoms with van der Waals surface area (Å²) in [4.78, 5) is 30.9. The molecule has 42 heavy (non-hydrogen) atoms. The smallest absolute Gasteiger partial charge is 0.407 e. The van der Waals surface area contributed by atoms with Gasteiger partial charge in [-0.2, -0.15) is 6.42 Å². The third-order valence-corrected chi connectivity index (χ3v) is 6.00. The number of alkyl carbamates (subject to hydrolysis) is 1. The SMILES string of the molecule is C=C(NC1(C)[CH-]C1)C1CC(Oc2ccnc3ccccc23)CN1C(=O)C(C)NC(=O)OC.CC.CC.[W].[W].[W].[W].[W].[W]. The number of hydrogen-bond donors (Lipinski definition) is 2. The summed E-state index contributed by atoms with van der Waals surface area (Å²) in [5.74, 6) is 0.523. The van der Waals surface area contributed by atoms with E-state index in [1.165, 1.54) is 7.11 Å². The van der Waals surface area contributed by atoms with Gasteiger partial charge >= 0.3 is 6.09 Å². The van der Waals surface area contributed by atoms with E-state index in [9.17, 15) is 9.59 Å². The summed E-state index contributed by atoms with van der Waals surface area (Å²) in [5, 5.41) is 6.92. The summed E-state index contributed by atoms with van der Waals surface area (Å²) in [7, 11) is 1.27. The fourth-order valence-corrected chi connectivity index (χ4v) is 4.06. The van der Waals surface area contributed by atoms with Gasteiger partial charge in [-0.1, -0.05) is 53.3 Å². The first-order valence-corrected chi connectivity index (χ1v) is 12.8. The van der Waals surface area contributed by atoms with Crippen LogP contribution >= 0.6 is 0 Å². The van der Waals surface area contributed by atoms with E-state index in [4.69, 9.17) is 4.74 Å². The second-order valence-corrected chi connectivity index (χ2v) is 8.64. The van der Waals surface area contributed by atoms with Crippen molar-refractivity contribution in [3.8, 4) is 5.75 Å². The third kappa shape index (κ3) is 15.0. The van der Waals surface area contributed by atoms with Gasteiger partial charge in [0.15, 0.2) is 0 Å². The molecule has 1 aromatic carbocycles. The van der Waals surface area contributed by atoms with Crippen LogP contribution in [-0.2, 0) is 136 Å². The fraction of sp³-hybridized carbons (Fsp3) is 0.500. The van der Waals surface area contributed by atoms with Gasteiger partial charge in [0.25, 0.3) is 0 Å². The number of amides is 2. The maximum absolute atomic E-state index is 13.2. The van der Waals surface area contributed by atoms with Crippen LogP contribution < -0.4 is 15.4 Å². The number of benzene rings is 1. The van der Waals surface area contributed by atoms with Crippen LogP contribution in [0, 0.1) is 6.42 Å². The van der Waals surface area contributed by atoms with Crippen LogP contribution in [0.1, 0.15) is 54.4 Å². The minimum Gasteiger partial charge on any atom is -0.488 e. The summed E-state index contributed by atoms with van der Waals surface area (Å²) >= 11 is 0. The van der Waals surface area contributed by atoms with Gasteiger partial charge in [0.1, 0.15) is 17.9 Å². The molecule has 14 heteroatoms. The van der Waals surface area contributed by atoms with E-state index < -0.39 is 12.1 Å². The molecule has 1 aromatic heterocycles. The number of aromatic nitrogens is 1. The Labute approximate surface area is 337 Å². The zero-order valence-corrected chi connectivity index (χ0v) is 42.7. The van der Waals surface area contributed by atoms with Crippen molar-refractivity contribution in [2.24, 2.45) is 0 Å². The van der Waals surface area contributed by atoms with Gasteiger partial charge in [0, 0.05) is 150 Å². The van der Waals surface area contributed by atoms with Gasteiger partial charge in [0.05, 0.1) is 25.2 Å². The predicted octanol–water partition coefficient (Wildman–Crippen LogP) is 4.83. The first-order valence-electron chi connectivity index (χ1n) is 12.8. The Morgan fingerprint density at radius 2 is 1.64 bits per heavy atom. The van der Waals surface area contributed by atoms with Gasteiger partial charge < -0.3 is 31.4 Å². The van der Waals surface area contributed by atoms with Crippen molar-refractivity contribution in [2.75, 3.05) is 13.7 Å². The number of likely N-dealkylation sites (tertiary alicyclic amines) is 1. The molecule has 2 heterocycles. The zero-order valence-electron chi connectivity index (χ0n) is 25.1. The summed E-state index contributed by atoms with van der Waals surface area (Å²) in [5.41, 5.74) is 1.54. The Bertz CT molecular complexity index is 1060. The standard InChI is InChI=1S/C24H29N4O4.2C2H6.6W/c1-15(27-24(3)10-11-24)20-13-17(14-28(20)22(29)16(2)26-23(30)31-4)32-21-9-12-25-19-8-6-5-7-18(19)21;2*1-2;;;;;;/h5-10,12,16-17,20,27H,1,11,13-14H2,2-4H3,(H,26,30);2*1-2H3;;;;;;/q-1;;;;;;;;. The van der Waals surface area contributed by atoms with E-state index in [0.717, 1.165) is 28.8 Å². The number of carbonyl (C=O) groups is 2. The molecule has 8 nitrogen and oxygen atoms in total. The van der Waals surface area contributed by atoms with Crippen LogP contribution in [0.4, 0.5) is 4.79 Å². The minimum absolute atomic E-state index is 0. The molecular weight excluding hydrogens is 1560 g/mol. The predicted molar refractivity (Wildman–Crippen MR) is 144 cm³/mol. The van der Waals surface area contributed by atoms with Crippen molar-refractivity contribution >= 4 is 22.9 Å². The molecule has 1 aliphatic carbocycles. The largest absolute Gasteiger partial charge is 0.488 e. The summed E-state index contributed by atoms with van der Waals surface area (Å²) in [6.45, 7) is 16.3. The molecule has 2 fully saturated rings. The topological polar surface area (TPSA) is 92.8 Å². The number of hydrogen-bond acceptors (Lipinski definition) is 6. The van der Waals surface area contributed by atoms with Gasteiger partial charge in [-0.25, -0.2) is 4.79 Å². The van der Waals surface area contributed by atoms with Crippen molar-refractivity contribution in [3.63, 3.8) is 0 Å². The van der Waals surface area contributed by atoms with E-state index in [-0.39, 0.29) is 150 Å². The van der Waals surface area contributed by atoms with Crippen LogP contribution in [0.2, 0.25) is 0 Å². The quantitative estimate of drug-likeness (QED) is 0.387. The van der Waals surface area contributed by atoms with E-state index in [2.05, 4.69) is 40.3 Å². The van der Waals surface area contributed by atoms with Gasteiger partial charge in [0.2, 0.25) is 5.91 Å². The number of methoxy groups -OCH3 is 1. The molecule has 4 atom stereocenters. The molecule has 4 unspecified atom stereocenters. The van der Waals surface area contributed by atoms with Crippen LogP contribution in [0.5, 0.6) is 5.75 Å². The van der Waals surface area contributed by atoms with Gasteiger partial charge in [-0.15, -0.1) is 5.54 Å². The Hall–Kier alpha value is 0.840. The molecule has 234 valence electrons. The van der Waals surface area contributed by atoms with Crippen LogP contribution in [-0.4, -0.2) is 59.3 Å². The van der Waals surface area contributed by atoms with Crippen molar-refractivity contribution in [1.29, 1.82) is 0 Å². The van der Waals surface area contributed by atoms with Crippen molar-refractivity contribution in [2.45, 2.75) is 78.1 Å². The minimum atomic E-state index is -0.735. The average molecular weight is 1600 g/mol. The summed E-state index contributed by atoms with van der Waals surface area (Å²) in [6.07, 6.45) is 4.56. The number of rotatable bonds is 7. The average Bonchev–Trinajstić information content (AvgIpc) is 3.47. The monoisotopic (exact) mass is 1600 g/mol. The maximum atomic E-state index is 13.2. The third-order valence-electron chi connectivity index (χ3n) is 6.00. The Balaban J connectivity index is -0.000000438. The molecule has 4 rings (SSSR count). The molecular formula is C28H41N4O4W6-. The number of para-hydroxylation sites is 1. The second kappa shape index (κ2) is 26.0. The molecule has 2 amide bonds. The number of fused-ring (bicyclic) bond motifs is 1. The van der Waals surface area contributed by atoms with Crippen molar-refractivity contribution in [3.05, 3.63) is 55.2 Å². The van der Waals surface area contributed by atoms with E-state index in [0.29, 0.717) is 13.0 Å². The molecule has 1 saturated heterocycles. The Morgan fingerprint density at radius 1 is 1.07 bits per heavy atom. The Morgan fingerprint density at radius 3 is 2.19 bits per heavy atom. The number of pyridine rings is 1. The first kappa shape index (κ1) is 52.4. The normalized spacial score (nSPS) is 19.5. The second-order valence-electron chi connectivity index (χ2n) is 8.64. The van der Waals surface area contributed by atoms with Gasteiger partial charge in [-0.05, 0) is 25.1 Å². The van der Waals surface area contributed by atoms with Gasteiger partial charge in [-0.3, -0.25) is 9.78 Å². The molecule has 0 bridgehead atoms. The number of nitrogens with one attached hydrogen (secondary N) is 2.